The fourth-order valence-corrected chi connectivity index (χ4v) is 4.42. The summed E-state index contributed by atoms with van der Waals surface area (Å²) in [5.74, 6) is 1.81. The van der Waals surface area contributed by atoms with E-state index in [-0.39, 0.29) is 16.3 Å². The van der Waals surface area contributed by atoms with Gasteiger partial charge >= 0.3 is 0 Å². The number of non-ortho nitro benzene ring substituents is 1. The molecule has 0 spiro atoms. The van der Waals surface area contributed by atoms with Gasteiger partial charge in [0.05, 0.1) is 15.5 Å². The third-order valence-corrected chi connectivity index (χ3v) is 6.72. The Morgan fingerprint density at radius 2 is 1.71 bits per heavy atom. The van der Waals surface area contributed by atoms with E-state index in [2.05, 4.69) is 19.8 Å². The Bertz CT molecular complexity index is 1530. The lowest BCUT2D eigenvalue weighted by Gasteiger charge is -2.11. The minimum Gasteiger partial charge on any atom is -0.439 e. The molecule has 4 aromatic rings. The van der Waals surface area contributed by atoms with Crippen molar-refractivity contribution in [1.82, 2.24) is 19.7 Å². The summed E-state index contributed by atoms with van der Waals surface area (Å²) in [6, 6.07) is 12.7. The number of hydrogen-bond acceptors (Lipinski definition) is 8. The van der Waals surface area contributed by atoms with Gasteiger partial charge in [0.2, 0.25) is 5.88 Å². The maximum atomic E-state index is 12.6. The highest BCUT2D eigenvalue weighted by atomic mass is 32.2. The van der Waals surface area contributed by atoms with E-state index in [1.54, 1.807) is 29.8 Å². The number of nitro groups is 1. The Kier molecular flexibility index (Phi) is 6.22. The van der Waals surface area contributed by atoms with Crippen LogP contribution in [-0.4, -0.2) is 33.1 Å². The topological polar surface area (TPSA) is 142 Å². The Labute approximate surface area is 201 Å². The van der Waals surface area contributed by atoms with Crippen LogP contribution in [0.15, 0.2) is 59.5 Å². The van der Waals surface area contributed by atoms with E-state index < -0.39 is 14.9 Å². The summed E-state index contributed by atoms with van der Waals surface area (Å²) in [5, 5.41) is 15.5. The minimum absolute atomic E-state index is 0.213. The first kappa shape index (κ1) is 23.8. The van der Waals surface area contributed by atoms with Crippen molar-refractivity contribution >= 4 is 21.4 Å². The number of ether oxygens (including phenoxy) is 1. The Balaban J connectivity index is 1.53. The van der Waals surface area contributed by atoms with Crippen LogP contribution in [0.2, 0.25) is 0 Å². The molecular formula is C23H22N6O5S. The maximum absolute atomic E-state index is 12.6. The van der Waals surface area contributed by atoms with Crippen LogP contribution in [0.4, 0.5) is 11.4 Å². The number of benzene rings is 2. The highest BCUT2D eigenvalue weighted by Crippen LogP contribution is 2.26. The molecular weight excluding hydrogens is 472 g/mol. The Morgan fingerprint density at radius 1 is 1.00 bits per heavy atom. The van der Waals surface area contributed by atoms with E-state index in [0.29, 0.717) is 23.3 Å². The molecule has 0 fully saturated rings. The molecule has 0 aliphatic rings. The lowest BCUT2D eigenvalue weighted by atomic mass is 10.2. The summed E-state index contributed by atoms with van der Waals surface area (Å²) < 4.78 is 35.3. The number of anilines is 1. The molecule has 0 saturated heterocycles. The Morgan fingerprint density at radius 3 is 2.34 bits per heavy atom. The molecule has 0 radical (unpaired) electrons. The predicted molar refractivity (Wildman–Crippen MR) is 129 cm³/mol. The third kappa shape index (κ3) is 5.11. The molecule has 0 amide bonds. The molecule has 0 aliphatic heterocycles. The van der Waals surface area contributed by atoms with Crippen molar-refractivity contribution in [2.45, 2.75) is 32.6 Å². The van der Waals surface area contributed by atoms with Crippen molar-refractivity contribution in [2.24, 2.45) is 0 Å². The zero-order chi connectivity index (χ0) is 25.3. The summed E-state index contributed by atoms with van der Waals surface area (Å²) in [7, 11) is -4.01. The number of aromatic nitrogens is 4. The smallest absolute Gasteiger partial charge is 0.270 e. The van der Waals surface area contributed by atoms with Crippen molar-refractivity contribution < 1.29 is 18.1 Å². The van der Waals surface area contributed by atoms with Crippen LogP contribution in [0.3, 0.4) is 0 Å². The van der Waals surface area contributed by atoms with E-state index in [1.165, 1.54) is 30.3 Å². The first-order chi connectivity index (χ1) is 16.5. The normalized spacial score (nSPS) is 11.3. The van der Waals surface area contributed by atoms with Crippen LogP contribution in [0.5, 0.6) is 11.6 Å². The molecule has 0 bridgehead atoms. The number of hydrogen-bond donors (Lipinski definition) is 1. The van der Waals surface area contributed by atoms with Gasteiger partial charge in [-0.15, -0.1) is 0 Å². The van der Waals surface area contributed by atoms with Crippen LogP contribution >= 0.6 is 0 Å². The summed E-state index contributed by atoms with van der Waals surface area (Å²) in [5.41, 5.74) is 2.90. The monoisotopic (exact) mass is 494 g/mol. The zero-order valence-electron chi connectivity index (χ0n) is 19.4. The number of aryl methyl sites for hydroxylation is 2. The van der Waals surface area contributed by atoms with Crippen molar-refractivity contribution in [1.29, 1.82) is 0 Å². The quantitative estimate of drug-likeness (QED) is 0.294. The lowest BCUT2D eigenvalue weighted by Crippen LogP contribution is -2.13. The van der Waals surface area contributed by atoms with Crippen molar-refractivity contribution in [3.8, 4) is 17.4 Å². The van der Waals surface area contributed by atoms with Crippen LogP contribution in [0.25, 0.3) is 5.82 Å². The third-order valence-electron chi connectivity index (χ3n) is 5.34. The molecule has 0 saturated carbocycles. The van der Waals surface area contributed by atoms with Crippen LogP contribution in [0, 0.1) is 37.8 Å². The molecule has 180 valence electrons. The van der Waals surface area contributed by atoms with Crippen molar-refractivity contribution in [2.75, 3.05) is 4.72 Å². The second-order valence-corrected chi connectivity index (χ2v) is 9.49. The molecule has 35 heavy (non-hydrogen) atoms. The van der Waals surface area contributed by atoms with Crippen molar-refractivity contribution in [3.63, 3.8) is 0 Å². The van der Waals surface area contributed by atoms with Gasteiger partial charge in [-0.3, -0.25) is 14.8 Å². The highest BCUT2D eigenvalue weighted by molar-refractivity contribution is 7.92. The number of nitrogens with zero attached hydrogens (tertiary/aromatic N) is 5. The van der Waals surface area contributed by atoms with E-state index in [4.69, 9.17) is 4.74 Å². The highest BCUT2D eigenvalue weighted by Gasteiger charge is 2.18. The van der Waals surface area contributed by atoms with E-state index in [9.17, 15) is 18.5 Å². The molecule has 0 unspecified atom stereocenters. The van der Waals surface area contributed by atoms with Gasteiger partial charge in [0.1, 0.15) is 11.6 Å². The molecule has 12 heteroatoms. The van der Waals surface area contributed by atoms with Gasteiger partial charge in [0, 0.05) is 29.6 Å². The number of nitrogens with one attached hydrogen (secondary N) is 1. The first-order valence-electron chi connectivity index (χ1n) is 10.5. The molecule has 2 aromatic carbocycles. The summed E-state index contributed by atoms with van der Waals surface area (Å²) in [4.78, 5) is 18.8. The number of nitro benzene ring substituents is 1. The fourth-order valence-electron chi connectivity index (χ4n) is 3.32. The molecule has 0 aliphatic carbocycles. The van der Waals surface area contributed by atoms with E-state index >= 15 is 0 Å². The van der Waals surface area contributed by atoms with Crippen LogP contribution in [-0.2, 0) is 10.0 Å². The van der Waals surface area contributed by atoms with Gasteiger partial charge in [-0.05, 0) is 63.6 Å². The standard InChI is InChI=1S/C23H22N6O5S/c1-14-15(2)26-28(16(14)3)22-13-23(25-17(4)24-22)34-20-10-8-18(9-11-20)27-35(32,33)21-7-5-6-19(12-21)29(30)31/h5-13,27H,1-4H3. The molecule has 4 rings (SSSR count). The molecule has 2 heterocycles. The summed E-state index contributed by atoms with van der Waals surface area (Å²) in [6.45, 7) is 7.63. The number of sulfonamides is 1. The second kappa shape index (κ2) is 9.14. The Hall–Kier alpha value is -4.32. The van der Waals surface area contributed by atoms with Gasteiger partial charge in [0.25, 0.3) is 15.7 Å². The predicted octanol–water partition coefficient (Wildman–Crippen LogP) is 4.40. The van der Waals surface area contributed by atoms with Gasteiger partial charge in [0.15, 0.2) is 5.82 Å². The SMILES string of the molecule is Cc1nc(Oc2ccc(NS(=O)(=O)c3cccc([N+](=O)[O-])c3)cc2)cc(-n2nc(C)c(C)c2C)n1. The van der Waals surface area contributed by atoms with Gasteiger partial charge in [-0.1, -0.05) is 6.07 Å². The maximum Gasteiger partial charge on any atom is 0.270 e. The average molecular weight is 495 g/mol. The first-order valence-corrected chi connectivity index (χ1v) is 12.0. The minimum atomic E-state index is -4.01. The van der Waals surface area contributed by atoms with Crippen LogP contribution in [0.1, 0.15) is 22.8 Å². The van der Waals surface area contributed by atoms with Gasteiger partial charge in [-0.25, -0.2) is 18.1 Å². The molecule has 2 aromatic heterocycles. The number of rotatable bonds is 7. The largest absolute Gasteiger partial charge is 0.439 e. The van der Waals surface area contributed by atoms with Gasteiger partial charge in [-0.2, -0.15) is 10.1 Å². The van der Waals surface area contributed by atoms with E-state index in [0.717, 1.165) is 23.0 Å². The fraction of sp³-hybridized carbons (Fsp3) is 0.174. The molecule has 11 nitrogen and oxygen atoms in total. The molecule has 1 N–H and O–H groups in total. The lowest BCUT2D eigenvalue weighted by molar-refractivity contribution is -0.385. The van der Waals surface area contributed by atoms with Crippen molar-refractivity contribution in [3.05, 3.63) is 87.5 Å². The zero-order valence-corrected chi connectivity index (χ0v) is 20.2. The van der Waals surface area contributed by atoms with Crippen LogP contribution < -0.4 is 9.46 Å². The van der Waals surface area contributed by atoms with E-state index in [1.807, 2.05) is 20.8 Å². The average Bonchev–Trinajstić information content (AvgIpc) is 3.07. The van der Waals surface area contributed by atoms with Gasteiger partial charge < -0.3 is 4.74 Å². The molecule has 0 atom stereocenters. The second-order valence-electron chi connectivity index (χ2n) is 7.81. The summed E-state index contributed by atoms with van der Waals surface area (Å²) >= 11 is 0. The summed E-state index contributed by atoms with van der Waals surface area (Å²) in [6.07, 6.45) is 0.